The predicted molar refractivity (Wildman–Crippen MR) is 129 cm³/mol. The molecule has 0 bridgehead atoms. The first kappa shape index (κ1) is 22.6. The normalized spacial score (nSPS) is 11.2. The summed E-state index contributed by atoms with van der Waals surface area (Å²) in [5.41, 5.74) is 1.99. The number of benzene rings is 3. The van der Waals surface area contributed by atoms with Crippen molar-refractivity contribution in [3.05, 3.63) is 71.8 Å². The molecule has 0 fully saturated rings. The van der Waals surface area contributed by atoms with Gasteiger partial charge < -0.3 is 9.47 Å². The number of rotatable bonds is 7. The molecule has 0 aliphatic heterocycles. The van der Waals surface area contributed by atoms with Crippen LogP contribution in [0.4, 0.5) is 10.8 Å². The molecule has 33 heavy (non-hydrogen) atoms. The van der Waals surface area contributed by atoms with Gasteiger partial charge in [0, 0.05) is 0 Å². The second-order valence-electron chi connectivity index (χ2n) is 7.06. The summed E-state index contributed by atoms with van der Waals surface area (Å²) in [5.74, 6) is 0.662. The summed E-state index contributed by atoms with van der Waals surface area (Å²) >= 11 is 1.32. The number of thiazole rings is 1. The van der Waals surface area contributed by atoms with Crippen molar-refractivity contribution in [2.24, 2.45) is 0 Å². The molecule has 0 atom stereocenters. The zero-order valence-corrected chi connectivity index (χ0v) is 19.7. The Balaban J connectivity index is 1.61. The fourth-order valence-electron chi connectivity index (χ4n) is 3.22. The van der Waals surface area contributed by atoms with E-state index in [0.717, 1.165) is 10.3 Å². The lowest BCUT2D eigenvalue weighted by molar-refractivity contribution is 0.102. The number of carbonyl (C=O) groups is 1. The van der Waals surface area contributed by atoms with Crippen LogP contribution in [-0.2, 0) is 10.0 Å². The Morgan fingerprint density at radius 1 is 0.970 bits per heavy atom. The van der Waals surface area contributed by atoms with Crippen LogP contribution in [0.5, 0.6) is 11.5 Å². The third-order valence-electron chi connectivity index (χ3n) is 4.93. The van der Waals surface area contributed by atoms with Gasteiger partial charge in [-0.25, -0.2) is 13.4 Å². The Bertz CT molecular complexity index is 1430. The largest absolute Gasteiger partial charge is 0.497 e. The van der Waals surface area contributed by atoms with Gasteiger partial charge in [-0.2, -0.15) is 0 Å². The van der Waals surface area contributed by atoms with Crippen molar-refractivity contribution in [3.8, 4) is 11.5 Å². The molecule has 1 heterocycles. The number of nitrogens with zero attached hydrogens (tertiary/aromatic N) is 1. The average molecular weight is 484 g/mol. The molecule has 170 valence electrons. The van der Waals surface area contributed by atoms with Crippen molar-refractivity contribution in [3.63, 3.8) is 0 Å². The van der Waals surface area contributed by atoms with Crippen molar-refractivity contribution < 1.29 is 22.7 Å². The van der Waals surface area contributed by atoms with Crippen LogP contribution in [0.1, 0.15) is 15.9 Å². The lowest BCUT2D eigenvalue weighted by atomic mass is 10.2. The van der Waals surface area contributed by atoms with Crippen molar-refractivity contribution in [1.29, 1.82) is 0 Å². The van der Waals surface area contributed by atoms with Gasteiger partial charge in [0.25, 0.3) is 15.9 Å². The fourth-order valence-corrected chi connectivity index (χ4v) is 5.25. The van der Waals surface area contributed by atoms with Crippen molar-refractivity contribution in [2.75, 3.05) is 24.3 Å². The number of para-hydroxylation sites is 1. The topological polar surface area (TPSA) is 107 Å². The summed E-state index contributed by atoms with van der Waals surface area (Å²) in [6.07, 6.45) is 0. The summed E-state index contributed by atoms with van der Waals surface area (Å²) in [4.78, 5) is 17.6. The van der Waals surface area contributed by atoms with Gasteiger partial charge in [-0.05, 0) is 55.0 Å². The Labute approximate surface area is 195 Å². The molecule has 0 saturated heterocycles. The van der Waals surface area contributed by atoms with Gasteiger partial charge in [0.15, 0.2) is 5.13 Å². The van der Waals surface area contributed by atoms with Gasteiger partial charge in [-0.15, -0.1) is 0 Å². The SMILES string of the molecule is COc1ccc(S(=O)(=O)Nc2ccccc2C(=O)Nc2nc3c(OC)ccc(C)c3s2)cc1. The molecular weight excluding hydrogens is 462 g/mol. The first-order valence-corrected chi connectivity index (χ1v) is 12.1. The van der Waals surface area contributed by atoms with E-state index >= 15 is 0 Å². The molecule has 2 N–H and O–H groups in total. The molecule has 3 aromatic carbocycles. The van der Waals surface area contributed by atoms with Crippen LogP contribution in [0, 0.1) is 6.92 Å². The summed E-state index contributed by atoms with van der Waals surface area (Å²) in [7, 11) is -0.856. The standard InChI is InChI=1S/C23H21N3O5S2/c1-14-8-13-19(31-3)20-21(14)32-23(24-20)25-22(27)17-6-4-5-7-18(17)26-33(28,29)16-11-9-15(30-2)10-12-16/h4-13,26H,1-3H3,(H,24,25,27). The highest BCUT2D eigenvalue weighted by atomic mass is 32.2. The third-order valence-corrected chi connectivity index (χ3v) is 7.42. The lowest BCUT2D eigenvalue weighted by Gasteiger charge is -2.12. The van der Waals surface area contributed by atoms with Crippen LogP contribution >= 0.6 is 11.3 Å². The number of anilines is 2. The number of nitrogens with one attached hydrogen (secondary N) is 2. The van der Waals surface area contributed by atoms with E-state index in [2.05, 4.69) is 15.0 Å². The van der Waals surface area contributed by atoms with Crippen LogP contribution in [0.2, 0.25) is 0 Å². The molecule has 4 aromatic rings. The van der Waals surface area contributed by atoms with Crippen LogP contribution in [-0.4, -0.2) is 33.5 Å². The number of ether oxygens (including phenoxy) is 2. The zero-order valence-electron chi connectivity index (χ0n) is 18.1. The zero-order chi connectivity index (χ0) is 23.6. The molecule has 1 aromatic heterocycles. The maximum absolute atomic E-state index is 13.0. The molecular formula is C23H21N3O5S2. The number of hydrogen-bond donors (Lipinski definition) is 2. The Hall–Kier alpha value is -3.63. The van der Waals surface area contributed by atoms with Crippen LogP contribution in [0.3, 0.4) is 0 Å². The van der Waals surface area contributed by atoms with E-state index < -0.39 is 15.9 Å². The molecule has 0 radical (unpaired) electrons. The summed E-state index contributed by atoms with van der Waals surface area (Å²) in [6.45, 7) is 1.95. The van der Waals surface area contributed by atoms with Crippen molar-refractivity contribution >= 4 is 48.3 Å². The average Bonchev–Trinajstić information content (AvgIpc) is 3.24. The van der Waals surface area contributed by atoms with E-state index in [1.165, 1.54) is 36.6 Å². The third kappa shape index (κ3) is 4.62. The number of methoxy groups -OCH3 is 2. The molecule has 4 rings (SSSR count). The fraction of sp³-hybridized carbons (Fsp3) is 0.130. The molecule has 1 amide bonds. The van der Waals surface area contributed by atoms with E-state index in [4.69, 9.17) is 9.47 Å². The molecule has 10 heteroatoms. The maximum atomic E-state index is 13.0. The number of aromatic nitrogens is 1. The molecule has 0 spiro atoms. The second-order valence-corrected chi connectivity index (χ2v) is 9.74. The number of aryl methyl sites for hydroxylation is 1. The van der Waals surface area contributed by atoms with E-state index in [-0.39, 0.29) is 16.1 Å². The Morgan fingerprint density at radius 2 is 1.70 bits per heavy atom. The minimum absolute atomic E-state index is 0.0484. The van der Waals surface area contributed by atoms with Crippen molar-refractivity contribution in [1.82, 2.24) is 4.98 Å². The highest BCUT2D eigenvalue weighted by Gasteiger charge is 2.20. The lowest BCUT2D eigenvalue weighted by Crippen LogP contribution is -2.18. The molecule has 0 aliphatic carbocycles. The van der Waals surface area contributed by atoms with E-state index in [9.17, 15) is 13.2 Å². The van der Waals surface area contributed by atoms with Crippen molar-refractivity contribution in [2.45, 2.75) is 11.8 Å². The van der Waals surface area contributed by atoms with Crippen LogP contribution in [0.15, 0.2) is 65.6 Å². The first-order valence-electron chi connectivity index (χ1n) is 9.84. The van der Waals surface area contributed by atoms with Gasteiger partial charge in [-0.1, -0.05) is 29.5 Å². The van der Waals surface area contributed by atoms with E-state index in [1.807, 2.05) is 19.1 Å². The Kier molecular flexibility index (Phi) is 6.21. The maximum Gasteiger partial charge on any atom is 0.261 e. The minimum Gasteiger partial charge on any atom is -0.497 e. The number of hydrogen-bond acceptors (Lipinski definition) is 7. The summed E-state index contributed by atoms with van der Waals surface area (Å²) in [5, 5.41) is 3.15. The van der Waals surface area contributed by atoms with Gasteiger partial charge >= 0.3 is 0 Å². The van der Waals surface area contributed by atoms with Gasteiger partial charge in [0.1, 0.15) is 17.0 Å². The highest BCUT2D eigenvalue weighted by molar-refractivity contribution is 7.92. The number of fused-ring (bicyclic) bond motifs is 1. The first-order chi connectivity index (χ1) is 15.8. The van der Waals surface area contributed by atoms with E-state index in [1.54, 1.807) is 37.4 Å². The summed E-state index contributed by atoms with van der Waals surface area (Å²) in [6, 6.07) is 16.1. The molecule has 0 saturated carbocycles. The summed E-state index contributed by atoms with van der Waals surface area (Å²) < 4.78 is 39.5. The molecule has 0 aliphatic rings. The number of carbonyl (C=O) groups excluding carboxylic acids is 1. The minimum atomic E-state index is -3.92. The number of sulfonamides is 1. The number of amides is 1. The molecule has 0 unspecified atom stereocenters. The molecule has 8 nitrogen and oxygen atoms in total. The smallest absolute Gasteiger partial charge is 0.261 e. The predicted octanol–water partition coefficient (Wildman–Crippen LogP) is 4.68. The quantitative estimate of drug-likeness (QED) is 0.395. The van der Waals surface area contributed by atoms with Gasteiger partial charge in [0.2, 0.25) is 0 Å². The monoisotopic (exact) mass is 483 g/mol. The highest BCUT2D eigenvalue weighted by Crippen LogP contribution is 2.35. The second kappa shape index (κ2) is 9.08. The van der Waals surface area contributed by atoms with Gasteiger partial charge in [0.05, 0.1) is 35.1 Å². The Morgan fingerprint density at radius 3 is 2.39 bits per heavy atom. The van der Waals surface area contributed by atoms with Gasteiger partial charge in [-0.3, -0.25) is 14.8 Å². The van der Waals surface area contributed by atoms with E-state index in [0.29, 0.717) is 22.1 Å². The van der Waals surface area contributed by atoms with Crippen LogP contribution < -0.4 is 19.5 Å². The van der Waals surface area contributed by atoms with Crippen LogP contribution in [0.25, 0.3) is 10.2 Å².